The Labute approximate surface area is 182 Å². The first-order valence-electron chi connectivity index (χ1n) is 9.40. The highest BCUT2D eigenvalue weighted by Crippen LogP contribution is 2.38. The van der Waals surface area contributed by atoms with Gasteiger partial charge in [0.15, 0.2) is 11.5 Å². The highest BCUT2D eigenvalue weighted by atomic mass is 32.2. The van der Waals surface area contributed by atoms with Crippen molar-refractivity contribution in [2.75, 3.05) is 40.7 Å². The number of hydrazone groups is 1. The van der Waals surface area contributed by atoms with Crippen LogP contribution in [-0.2, 0) is 21.2 Å². The maximum atomic E-state index is 12.3. The smallest absolute Gasteiger partial charge is 0.255 e. The second-order valence-corrected chi connectivity index (χ2v) is 8.53. The number of methoxy groups -OCH3 is 3. The number of ether oxygens (including phenoxy) is 3. The van der Waals surface area contributed by atoms with Gasteiger partial charge in [0, 0.05) is 12.1 Å². The minimum absolute atomic E-state index is 0.184. The van der Waals surface area contributed by atoms with Gasteiger partial charge in [0.05, 0.1) is 40.3 Å². The molecule has 0 aliphatic carbocycles. The van der Waals surface area contributed by atoms with Gasteiger partial charge in [-0.05, 0) is 24.1 Å². The van der Waals surface area contributed by atoms with Crippen molar-refractivity contribution in [2.24, 2.45) is 5.10 Å². The van der Waals surface area contributed by atoms with Crippen LogP contribution in [0.3, 0.4) is 0 Å². The van der Waals surface area contributed by atoms with Crippen molar-refractivity contribution in [1.82, 2.24) is 9.73 Å². The molecule has 2 aromatic carbocycles. The van der Waals surface area contributed by atoms with Crippen molar-refractivity contribution in [3.05, 3.63) is 53.6 Å². The lowest BCUT2D eigenvalue weighted by Gasteiger charge is -2.18. The normalized spacial score (nSPS) is 11.5. The van der Waals surface area contributed by atoms with E-state index in [9.17, 15) is 13.2 Å². The summed E-state index contributed by atoms with van der Waals surface area (Å²) >= 11 is 0. The largest absolute Gasteiger partial charge is 0.493 e. The molecule has 0 saturated heterocycles. The summed E-state index contributed by atoms with van der Waals surface area (Å²) in [6.07, 6.45) is 2.95. The fraction of sp³-hybridized carbons (Fsp3) is 0.333. The zero-order valence-electron chi connectivity index (χ0n) is 18.0. The van der Waals surface area contributed by atoms with E-state index in [2.05, 4.69) is 10.5 Å². The van der Waals surface area contributed by atoms with Gasteiger partial charge in [0.2, 0.25) is 15.8 Å². The third kappa shape index (κ3) is 6.97. The topological polar surface area (TPSA) is 107 Å². The van der Waals surface area contributed by atoms with Gasteiger partial charge >= 0.3 is 0 Å². The van der Waals surface area contributed by atoms with Crippen LogP contribution in [0.1, 0.15) is 11.1 Å². The fourth-order valence-corrected chi connectivity index (χ4v) is 3.63. The average Bonchev–Trinajstić information content (AvgIpc) is 2.75. The van der Waals surface area contributed by atoms with Gasteiger partial charge in [-0.25, -0.2) is 13.8 Å². The van der Waals surface area contributed by atoms with E-state index in [1.54, 1.807) is 12.1 Å². The molecule has 0 aliphatic rings. The molecule has 31 heavy (non-hydrogen) atoms. The minimum Gasteiger partial charge on any atom is -0.493 e. The van der Waals surface area contributed by atoms with E-state index in [4.69, 9.17) is 14.2 Å². The van der Waals surface area contributed by atoms with Crippen molar-refractivity contribution in [2.45, 2.75) is 6.42 Å². The SMILES string of the molecule is COc1ccc(C=NNC(=O)CN(CCc2ccccc2)S(C)(=O)=O)c(OC)c1OC. The number of hydrogen-bond acceptors (Lipinski definition) is 7. The molecule has 0 spiro atoms. The lowest BCUT2D eigenvalue weighted by Crippen LogP contribution is -2.40. The number of hydrogen-bond donors (Lipinski definition) is 1. The Morgan fingerprint density at radius 2 is 1.71 bits per heavy atom. The van der Waals surface area contributed by atoms with Gasteiger partial charge in [0.25, 0.3) is 5.91 Å². The molecule has 0 bridgehead atoms. The lowest BCUT2D eigenvalue weighted by molar-refractivity contribution is -0.121. The van der Waals surface area contributed by atoms with Gasteiger partial charge in [-0.2, -0.15) is 9.41 Å². The minimum atomic E-state index is -3.56. The van der Waals surface area contributed by atoms with Gasteiger partial charge in [-0.1, -0.05) is 30.3 Å². The molecule has 0 aliphatic heterocycles. The Hall–Kier alpha value is -3.11. The van der Waals surface area contributed by atoms with E-state index in [1.165, 1.54) is 27.5 Å². The van der Waals surface area contributed by atoms with Crippen LogP contribution in [0.2, 0.25) is 0 Å². The highest BCUT2D eigenvalue weighted by Gasteiger charge is 2.20. The van der Waals surface area contributed by atoms with E-state index in [0.717, 1.165) is 16.1 Å². The molecule has 2 aromatic rings. The van der Waals surface area contributed by atoms with Crippen LogP contribution in [0.15, 0.2) is 47.6 Å². The van der Waals surface area contributed by atoms with Crippen molar-refractivity contribution in [3.8, 4) is 17.2 Å². The predicted octanol–water partition coefficient (Wildman–Crippen LogP) is 1.67. The Morgan fingerprint density at radius 3 is 2.29 bits per heavy atom. The average molecular weight is 450 g/mol. The number of nitrogens with zero attached hydrogens (tertiary/aromatic N) is 2. The second kappa shape index (κ2) is 11.3. The molecule has 0 fully saturated rings. The first kappa shape index (κ1) is 24.2. The molecule has 0 aromatic heterocycles. The Bertz CT molecular complexity index is 1010. The molecule has 1 amide bonds. The summed E-state index contributed by atoms with van der Waals surface area (Å²) in [5, 5.41) is 3.91. The number of sulfonamides is 1. The molecule has 2 rings (SSSR count). The van der Waals surface area contributed by atoms with Crippen LogP contribution in [0.25, 0.3) is 0 Å². The summed E-state index contributed by atoms with van der Waals surface area (Å²) < 4.78 is 41.1. The van der Waals surface area contributed by atoms with Crippen LogP contribution in [0, 0.1) is 0 Å². The van der Waals surface area contributed by atoms with Crippen LogP contribution >= 0.6 is 0 Å². The predicted molar refractivity (Wildman–Crippen MR) is 118 cm³/mol. The van der Waals surface area contributed by atoms with Gasteiger partial charge in [0.1, 0.15) is 0 Å². The molecule has 1 N–H and O–H groups in total. The number of carbonyl (C=O) groups is 1. The fourth-order valence-electron chi connectivity index (χ4n) is 2.86. The highest BCUT2D eigenvalue weighted by molar-refractivity contribution is 7.88. The quantitative estimate of drug-likeness (QED) is 0.413. The summed E-state index contributed by atoms with van der Waals surface area (Å²) in [4.78, 5) is 12.3. The molecule has 168 valence electrons. The van der Waals surface area contributed by atoms with Gasteiger partial charge in [-0.15, -0.1) is 0 Å². The summed E-state index contributed by atoms with van der Waals surface area (Å²) in [5.41, 5.74) is 3.87. The summed E-state index contributed by atoms with van der Waals surface area (Å²) in [7, 11) is 0.907. The zero-order valence-corrected chi connectivity index (χ0v) is 18.8. The Morgan fingerprint density at radius 1 is 1.03 bits per heavy atom. The maximum Gasteiger partial charge on any atom is 0.255 e. The van der Waals surface area contributed by atoms with E-state index in [0.29, 0.717) is 29.2 Å². The van der Waals surface area contributed by atoms with E-state index in [1.807, 2.05) is 30.3 Å². The molecular weight excluding hydrogens is 422 g/mol. The van der Waals surface area contributed by atoms with Crippen molar-refractivity contribution in [3.63, 3.8) is 0 Å². The molecular formula is C21H27N3O6S. The Kier molecular flexibility index (Phi) is 8.83. The lowest BCUT2D eigenvalue weighted by atomic mass is 10.1. The standard InChI is InChI=1S/C21H27N3O6S/c1-28-18-11-10-17(20(29-2)21(18)30-3)14-22-23-19(25)15-24(31(4,26)27)13-12-16-8-6-5-7-9-16/h5-11,14H,12-13,15H2,1-4H3,(H,23,25). The molecule has 0 unspecified atom stereocenters. The number of benzene rings is 2. The summed E-state index contributed by atoms with van der Waals surface area (Å²) in [6.45, 7) is -0.157. The van der Waals surface area contributed by atoms with E-state index < -0.39 is 15.9 Å². The maximum absolute atomic E-state index is 12.3. The third-order valence-electron chi connectivity index (χ3n) is 4.41. The molecule has 10 heteroatoms. The second-order valence-electron chi connectivity index (χ2n) is 6.55. The molecule has 9 nitrogen and oxygen atoms in total. The zero-order chi connectivity index (χ0) is 22.9. The molecule has 0 heterocycles. The van der Waals surface area contributed by atoms with E-state index >= 15 is 0 Å². The van der Waals surface area contributed by atoms with Crippen LogP contribution in [0.4, 0.5) is 0 Å². The molecule has 0 atom stereocenters. The van der Waals surface area contributed by atoms with E-state index in [-0.39, 0.29) is 13.1 Å². The monoisotopic (exact) mass is 449 g/mol. The van der Waals surface area contributed by atoms with Crippen LogP contribution in [-0.4, -0.2) is 65.5 Å². The third-order valence-corrected chi connectivity index (χ3v) is 5.66. The van der Waals surface area contributed by atoms with Crippen LogP contribution in [0.5, 0.6) is 17.2 Å². The number of nitrogens with one attached hydrogen (secondary N) is 1. The molecule has 0 radical (unpaired) electrons. The van der Waals surface area contributed by atoms with Crippen molar-refractivity contribution >= 4 is 22.1 Å². The number of amides is 1. The number of carbonyl (C=O) groups excluding carboxylic acids is 1. The first-order chi connectivity index (χ1) is 14.8. The molecule has 0 saturated carbocycles. The Balaban J connectivity index is 2.04. The number of rotatable bonds is 11. The summed E-state index contributed by atoms with van der Waals surface area (Å²) in [6, 6.07) is 12.8. The van der Waals surface area contributed by atoms with Gasteiger partial charge < -0.3 is 14.2 Å². The summed E-state index contributed by atoms with van der Waals surface area (Å²) in [5.74, 6) is 0.710. The van der Waals surface area contributed by atoms with Crippen molar-refractivity contribution in [1.29, 1.82) is 0 Å². The van der Waals surface area contributed by atoms with Crippen molar-refractivity contribution < 1.29 is 27.4 Å². The first-order valence-corrected chi connectivity index (χ1v) is 11.2. The van der Waals surface area contributed by atoms with Gasteiger partial charge in [-0.3, -0.25) is 4.79 Å². The van der Waals surface area contributed by atoms with Crippen LogP contribution < -0.4 is 19.6 Å².